The molecular weight excluding hydrogens is 408 g/mol. The van der Waals surface area contributed by atoms with Crippen LogP contribution in [-0.4, -0.2) is 31.7 Å². The average Bonchev–Trinajstić information content (AvgIpc) is 3.26. The Balaban J connectivity index is 1.75. The van der Waals surface area contributed by atoms with Crippen molar-refractivity contribution >= 4 is 33.0 Å². The zero-order valence-electron chi connectivity index (χ0n) is 15.5. The van der Waals surface area contributed by atoms with Crippen LogP contribution in [0.4, 0.5) is 5.69 Å². The highest BCUT2D eigenvalue weighted by molar-refractivity contribution is 7.91. The highest BCUT2D eigenvalue weighted by Gasteiger charge is 2.26. The van der Waals surface area contributed by atoms with Crippen LogP contribution < -0.4 is 10.1 Å². The second kappa shape index (κ2) is 9.51. The number of rotatable bonds is 9. The minimum absolute atomic E-state index is 0.0236. The van der Waals surface area contributed by atoms with Crippen molar-refractivity contribution in [2.24, 2.45) is 0 Å². The molecule has 1 N–H and O–H groups in total. The van der Waals surface area contributed by atoms with Crippen molar-refractivity contribution in [3.8, 4) is 11.5 Å². The molecule has 1 amide bonds. The SMILES string of the molecule is C=CCN(CC(=O)Nc1ccccc1Oc1ccccc1)S(=O)(=O)c1cccs1. The van der Waals surface area contributed by atoms with Crippen LogP contribution in [-0.2, 0) is 14.8 Å². The topological polar surface area (TPSA) is 75.7 Å². The first-order chi connectivity index (χ1) is 14.0. The van der Waals surface area contributed by atoms with E-state index >= 15 is 0 Å². The Labute approximate surface area is 174 Å². The molecule has 0 unspecified atom stereocenters. The smallest absolute Gasteiger partial charge is 0.253 e. The molecule has 150 valence electrons. The van der Waals surface area contributed by atoms with E-state index in [2.05, 4.69) is 11.9 Å². The van der Waals surface area contributed by atoms with Gasteiger partial charge in [0.05, 0.1) is 12.2 Å². The number of benzene rings is 2. The molecule has 0 spiro atoms. The fourth-order valence-electron chi connectivity index (χ4n) is 2.55. The van der Waals surface area contributed by atoms with Gasteiger partial charge in [0.25, 0.3) is 10.0 Å². The van der Waals surface area contributed by atoms with Crippen molar-refractivity contribution in [2.45, 2.75) is 4.21 Å². The van der Waals surface area contributed by atoms with E-state index in [1.54, 1.807) is 47.8 Å². The van der Waals surface area contributed by atoms with Crippen LogP contribution >= 0.6 is 11.3 Å². The number of para-hydroxylation sites is 3. The van der Waals surface area contributed by atoms with Gasteiger partial charge in [-0.05, 0) is 35.7 Å². The first-order valence-corrected chi connectivity index (χ1v) is 11.1. The molecule has 3 aromatic rings. The fourth-order valence-corrected chi connectivity index (χ4v) is 5.07. The van der Waals surface area contributed by atoms with Gasteiger partial charge in [0.2, 0.25) is 5.91 Å². The number of carbonyl (C=O) groups excluding carboxylic acids is 1. The summed E-state index contributed by atoms with van der Waals surface area (Å²) in [5, 5.41) is 4.41. The first-order valence-electron chi connectivity index (χ1n) is 8.77. The first kappa shape index (κ1) is 20.8. The van der Waals surface area contributed by atoms with E-state index in [1.165, 1.54) is 12.1 Å². The molecule has 0 fully saturated rings. The number of anilines is 1. The molecule has 0 atom stereocenters. The standard InChI is InChI=1S/C21H20N2O4S2/c1-2-14-23(29(25,26)21-13-8-15-28-21)16-20(24)22-18-11-6-7-12-19(18)27-17-9-4-3-5-10-17/h2-13,15H,1,14,16H2,(H,22,24). The summed E-state index contributed by atoms with van der Waals surface area (Å²) in [6, 6.07) is 19.3. The summed E-state index contributed by atoms with van der Waals surface area (Å²) < 4.78 is 32.6. The summed E-state index contributed by atoms with van der Waals surface area (Å²) in [4.78, 5) is 12.6. The summed E-state index contributed by atoms with van der Waals surface area (Å²) in [5.74, 6) is 0.613. The number of sulfonamides is 1. The Kier molecular flexibility index (Phi) is 6.82. The van der Waals surface area contributed by atoms with E-state index in [1.807, 2.05) is 18.2 Å². The minimum Gasteiger partial charge on any atom is -0.455 e. The average molecular weight is 429 g/mol. The number of hydrogen-bond donors (Lipinski definition) is 1. The van der Waals surface area contributed by atoms with Gasteiger partial charge in [0.1, 0.15) is 9.96 Å². The summed E-state index contributed by atoms with van der Waals surface area (Å²) in [5.41, 5.74) is 0.452. The molecule has 1 aromatic heterocycles. The molecule has 8 heteroatoms. The van der Waals surface area contributed by atoms with Crippen molar-refractivity contribution in [3.63, 3.8) is 0 Å². The van der Waals surface area contributed by atoms with Crippen LogP contribution in [0.2, 0.25) is 0 Å². The summed E-state index contributed by atoms with van der Waals surface area (Å²) in [7, 11) is -3.78. The number of nitrogens with one attached hydrogen (secondary N) is 1. The van der Waals surface area contributed by atoms with Crippen LogP contribution in [0.5, 0.6) is 11.5 Å². The Morgan fingerprint density at radius 1 is 1.07 bits per heavy atom. The van der Waals surface area contributed by atoms with Gasteiger partial charge in [-0.25, -0.2) is 8.42 Å². The third kappa shape index (κ3) is 5.32. The lowest BCUT2D eigenvalue weighted by Gasteiger charge is -2.20. The maximum Gasteiger partial charge on any atom is 0.253 e. The van der Waals surface area contributed by atoms with E-state index in [0.717, 1.165) is 15.6 Å². The molecule has 0 aliphatic heterocycles. The molecule has 0 aliphatic carbocycles. The molecular formula is C21H20N2O4S2. The van der Waals surface area contributed by atoms with E-state index in [0.29, 0.717) is 17.2 Å². The minimum atomic E-state index is -3.78. The van der Waals surface area contributed by atoms with Gasteiger partial charge in [0.15, 0.2) is 5.75 Å². The molecule has 29 heavy (non-hydrogen) atoms. The number of nitrogens with zero attached hydrogens (tertiary/aromatic N) is 1. The van der Waals surface area contributed by atoms with Crippen molar-refractivity contribution in [2.75, 3.05) is 18.4 Å². The van der Waals surface area contributed by atoms with Crippen molar-refractivity contribution in [1.29, 1.82) is 0 Å². The fraction of sp³-hybridized carbons (Fsp3) is 0.0952. The van der Waals surface area contributed by atoms with Crippen LogP contribution in [0.15, 0.2) is 89.0 Å². The molecule has 0 radical (unpaired) electrons. The van der Waals surface area contributed by atoms with Gasteiger partial charge < -0.3 is 10.1 Å². The van der Waals surface area contributed by atoms with Gasteiger partial charge in [-0.3, -0.25) is 4.79 Å². The highest BCUT2D eigenvalue weighted by atomic mass is 32.2. The maximum atomic E-state index is 12.8. The van der Waals surface area contributed by atoms with Gasteiger partial charge in [-0.15, -0.1) is 17.9 Å². The van der Waals surface area contributed by atoms with Crippen LogP contribution in [0, 0.1) is 0 Å². The molecule has 3 rings (SSSR count). The lowest BCUT2D eigenvalue weighted by molar-refractivity contribution is -0.116. The normalized spacial score (nSPS) is 11.2. The molecule has 1 heterocycles. The monoisotopic (exact) mass is 428 g/mol. The summed E-state index contributed by atoms with van der Waals surface area (Å²) >= 11 is 1.10. The van der Waals surface area contributed by atoms with E-state index in [9.17, 15) is 13.2 Å². The number of amides is 1. The number of hydrogen-bond acceptors (Lipinski definition) is 5. The van der Waals surface area contributed by atoms with E-state index in [4.69, 9.17) is 4.74 Å². The van der Waals surface area contributed by atoms with Crippen molar-refractivity contribution in [1.82, 2.24) is 4.31 Å². The maximum absolute atomic E-state index is 12.8. The predicted octanol–water partition coefficient (Wildman–Crippen LogP) is 4.36. The van der Waals surface area contributed by atoms with Crippen molar-refractivity contribution < 1.29 is 17.9 Å². The third-order valence-corrected chi connectivity index (χ3v) is 7.06. The number of thiophene rings is 1. The zero-order chi connectivity index (χ0) is 20.7. The van der Waals surface area contributed by atoms with Crippen LogP contribution in [0.25, 0.3) is 0 Å². The lowest BCUT2D eigenvalue weighted by atomic mass is 10.3. The van der Waals surface area contributed by atoms with E-state index in [-0.39, 0.29) is 17.3 Å². The Morgan fingerprint density at radius 2 is 1.79 bits per heavy atom. The Morgan fingerprint density at radius 3 is 2.48 bits per heavy atom. The quantitative estimate of drug-likeness (QED) is 0.514. The van der Waals surface area contributed by atoms with E-state index < -0.39 is 15.9 Å². The van der Waals surface area contributed by atoms with Gasteiger partial charge in [-0.2, -0.15) is 4.31 Å². The molecule has 0 aliphatic rings. The van der Waals surface area contributed by atoms with Gasteiger partial charge in [0, 0.05) is 6.54 Å². The zero-order valence-corrected chi connectivity index (χ0v) is 17.2. The summed E-state index contributed by atoms with van der Waals surface area (Å²) in [6.07, 6.45) is 1.45. The molecule has 6 nitrogen and oxygen atoms in total. The molecule has 0 saturated carbocycles. The van der Waals surface area contributed by atoms with Gasteiger partial charge >= 0.3 is 0 Å². The number of ether oxygens (including phenoxy) is 1. The molecule has 0 bridgehead atoms. The van der Waals surface area contributed by atoms with Crippen LogP contribution in [0.1, 0.15) is 0 Å². The van der Waals surface area contributed by atoms with Gasteiger partial charge in [-0.1, -0.05) is 42.5 Å². The Hall–Kier alpha value is -2.94. The predicted molar refractivity (Wildman–Crippen MR) is 115 cm³/mol. The summed E-state index contributed by atoms with van der Waals surface area (Å²) in [6.45, 7) is 3.28. The molecule has 2 aromatic carbocycles. The second-order valence-electron chi connectivity index (χ2n) is 5.98. The largest absolute Gasteiger partial charge is 0.455 e. The molecule has 0 saturated heterocycles. The van der Waals surface area contributed by atoms with Crippen LogP contribution in [0.3, 0.4) is 0 Å². The second-order valence-corrected chi connectivity index (χ2v) is 9.09. The highest BCUT2D eigenvalue weighted by Crippen LogP contribution is 2.29. The lowest BCUT2D eigenvalue weighted by Crippen LogP contribution is -2.37. The van der Waals surface area contributed by atoms with Crippen molar-refractivity contribution in [3.05, 3.63) is 84.8 Å². The Bertz CT molecular complexity index is 1070. The number of carbonyl (C=O) groups is 1. The third-order valence-electron chi connectivity index (χ3n) is 3.87.